The second-order valence-electron chi connectivity index (χ2n) is 13.4. The number of piperidine rings is 1. The van der Waals surface area contributed by atoms with Gasteiger partial charge in [-0.15, -0.1) is 0 Å². The summed E-state index contributed by atoms with van der Waals surface area (Å²) in [5, 5.41) is 6.81. The number of hydrogen-bond donors (Lipinski definition) is 2. The molecular weight excluding hydrogens is 506 g/mol. The minimum atomic E-state index is -3.69. The van der Waals surface area contributed by atoms with Crippen molar-refractivity contribution in [3.8, 4) is 0 Å². The van der Waals surface area contributed by atoms with Crippen molar-refractivity contribution < 1.29 is 13.2 Å². The van der Waals surface area contributed by atoms with Crippen molar-refractivity contribution in [1.29, 1.82) is 0 Å². The topological polar surface area (TPSA) is 78.5 Å². The quantitative estimate of drug-likeness (QED) is 0.441. The monoisotopic (exact) mass is 553 g/mol. The maximum absolute atomic E-state index is 13.7. The minimum Gasteiger partial charge on any atom is -0.349 e. The zero-order valence-electron chi connectivity index (χ0n) is 24.6. The van der Waals surface area contributed by atoms with Crippen LogP contribution >= 0.6 is 0 Å². The van der Waals surface area contributed by atoms with E-state index in [1.165, 1.54) is 16.7 Å². The molecule has 2 aromatic carbocycles. The highest BCUT2D eigenvalue weighted by Crippen LogP contribution is 2.33. The second kappa shape index (κ2) is 11.7. The number of fused-ring (bicyclic) bond motifs is 1. The third-order valence-electron chi connectivity index (χ3n) is 7.98. The Morgan fingerprint density at radius 3 is 2.46 bits per heavy atom. The Kier molecular flexibility index (Phi) is 8.94. The molecule has 0 radical (unpaired) electrons. The van der Waals surface area contributed by atoms with Crippen LogP contribution in [0, 0.1) is 0 Å². The molecule has 0 aromatic heterocycles. The van der Waals surface area contributed by atoms with Gasteiger partial charge in [0, 0.05) is 31.1 Å². The average Bonchev–Trinajstić information content (AvgIpc) is 2.87. The number of carbonyl (C=O) groups is 1. The van der Waals surface area contributed by atoms with Crippen molar-refractivity contribution in [2.75, 3.05) is 6.54 Å². The highest BCUT2D eigenvalue weighted by Gasteiger charge is 2.35. The van der Waals surface area contributed by atoms with E-state index in [2.05, 4.69) is 70.4 Å². The van der Waals surface area contributed by atoms with Gasteiger partial charge in [-0.05, 0) is 92.7 Å². The van der Waals surface area contributed by atoms with Crippen molar-refractivity contribution in [3.63, 3.8) is 0 Å². The minimum absolute atomic E-state index is 0.0250. The first-order valence-corrected chi connectivity index (χ1v) is 16.0. The molecule has 2 aromatic rings. The van der Waals surface area contributed by atoms with Gasteiger partial charge < -0.3 is 10.6 Å². The predicted molar refractivity (Wildman–Crippen MR) is 158 cm³/mol. The first-order chi connectivity index (χ1) is 18.2. The van der Waals surface area contributed by atoms with Crippen LogP contribution in [0.3, 0.4) is 0 Å². The molecule has 0 spiro atoms. The lowest BCUT2D eigenvalue weighted by molar-refractivity contribution is -0.123. The van der Waals surface area contributed by atoms with Crippen molar-refractivity contribution in [3.05, 3.63) is 64.7 Å². The SMILES string of the molecule is CC(C)(C)NCc1ccc2c(c1)CCC[C@H]2NC(=O)CC1CCCCN1S(=O)(=O)c1cccc(C(C)(C)C)c1. The van der Waals surface area contributed by atoms with Crippen LogP contribution in [0.5, 0.6) is 0 Å². The molecule has 2 atom stereocenters. The largest absolute Gasteiger partial charge is 0.349 e. The summed E-state index contributed by atoms with van der Waals surface area (Å²) in [5.41, 5.74) is 4.66. The highest BCUT2D eigenvalue weighted by molar-refractivity contribution is 7.89. The Bertz CT molecular complexity index is 1270. The van der Waals surface area contributed by atoms with E-state index >= 15 is 0 Å². The molecule has 1 heterocycles. The number of carbonyl (C=O) groups excluding carboxylic acids is 1. The van der Waals surface area contributed by atoms with Crippen LogP contribution < -0.4 is 10.6 Å². The Hall–Kier alpha value is -2.22. The third kappa shape index (κ3) is 7.50. The second-order valence-corrected chi connectivity index (χ2v) is 15.3. The summed E-state index contributed by atoms with van der Waals surface area (Å²) in [5.74, 6) is -0.0677. The van der Waals surface area contributed by atoms with Crippen molar-refractivity contribution in [2.45, 2.75) is 121 Å². The summed E-state index contributed by atoms with van der Waals surface area (Å²) in [7, 11) is -3.69. The van der Waals surface area contributed by atoms with E-state index in [9.17, 15) is 13.2 Å². The number of rotatable bonds is 7. The van der Waals surface area contributed by atoms with Gasteiger partial charge in [-0.25, -0.2) is 8.42 Å². The zero-order valence-corrected chi connectivity index (χ0v) is 25.5. The lowest BCUT2D eigenvalue weighted by Gasteiger charge is -2.35. The van der Waals surface area contributed by atoms with Crippen LogP contribution in [0.2, 0.25) is 0 Å². The molecule has 1 fully saturated rings. The molecule has 4 rings (SSSR count). The highest BCUT2D eigenvalue weighted by atomic mass is 32.2. The molecule has 0 bridgehead atoms. The number of sulfonamides is 1. The summed E-state index contributed by atoms with van der Waals surface area (Å²) in [6.45, 7) is 14.0. The van der Waals surface area contributed by atoms with Crippen LogP contribution in [-0.4, -0.2) is 36.8 Å². The van der Waals surface area contributed by atoms with Crippen LogP contribution in [-0.2, 0) is 33.2 Å². The molecule has 6 nitrogen and oxygen atoms in total. The maximum atomic E-state index is 13.7. The third-order valence-corrected chi connectivity index (χ3v) is 9.93. The van der Waals surface area contributed by atoms with Crippen molar-refractivity contribution in [1.82, 2.24) is 14.9 Å². The fraction of sp³-hybridized carbons (Fsp3) is 0.594. The standard InChI is InChI=1S/C32H47N3O3S/c1-31(2,3)25-12-10-14-27(20-25)39(37,38)35-18-8-7-13-26(35)21-30(36)34-29-15-9-11-24-19-23(16-17-28(24)29)22-33-32(4,5)6/h10,12,14,16-17,19-20,26,29,33H,7-9,11,13,15,18,21-22H2,1-6H3,(H,34,36)/t26?,29-/m1/s1. The summed E-state index contributed by atoms with van der Waals surface area (Å²) < 4.78 is 29.1. The van der Waals surface area contributed by atoms with Gasteiger partial charge in [-0.2, -0.15) is 4.31 Å². The molecule has 1 saturated heterocycles. The van der Waals surface area contributed by atoms with Crippen molar-refractivity contribution in [2.24, 2.45) is 0 Å². The number of hydrogen-bond acceptors (Lipinski definition) is 4. The summed E-state index contributed by atoms with van der Waals surface area (Å²) in [4.78, 5) is 13.6. The predicted octanol–water partition coefficient (Wildman–Crippen LogP) is 6.00. The van der Waals surface area contributed by atoms with Gasteiger partial charge >= 0.3 is 0 Å². The molecule has 1 amide bonds. The number of nitrogens with one attached hydrogen (secondary N) is 2. The summed E-state index contributed by atoms with van der Waals surface area (Å²) >= 11 is 0. The van der Waals surface area contributed by atoms with E-state index in [0.29, 0.717) is 17.9 Å². The number of amides is 1. The normalized spacial score (nSPS) is 20.9. The van der Waals surface area contributed by atoms with Crippen LogP contribution in [0.15, 0.2) is 47.4 Å². The Labute approximate surface area is 236 Å². The fourth-order valence-corrected chi connectivity index (χ4v) is 7.45. The molecule has 1 aliphatic carbocycles. The van der Waals surface area contributed by atoms with Gasteiger partial charge in [-0.3, -0.25) is 4.79 Å². The first-order valence-electron chi connectivity index (χ1n) is 14.5. The van der Waals surface area contributed by atoms with Gasteiger partial charge in [0.05, 0.1) is 10.9 Å². The van der Waals surface area contributed by atoms with Gasteiger partial charge in [0.25, 0.3) is 0 Å². The van der Waals surface area contributed by atoms with E-state index in [0.717, 1.165) is 44.2 Å². The number of nitrogens with zero attached hydrogens (tertiary/aromatic N) is 1. The fourth-order valence-electron chi connectivity index (χ4n) is 5.71. The lowest BCUT2D eigenvalue weighted by Crippen LogP contribution is -2.46. The van der Waals surface area contributed by atoms with E-state index in [-0.39, 0.29) is 35.4 Å². The lowest BCUT2D eigenvalue weighted by atomic mass is 9.86. The molecule has 2 aliphatic rings. The van der Waals surface area contributed by atoms with Crippen LogP contribution in [0.4, 0.5) is 0 Å². The molecule has 39 heavy (non-hydrogen) atoms. The Balaban J connectivity index is 1.46. The van der Waals surface area contributed by atoms with Gasteiger partial charge in [-0.1, -0.05) is 57.5 Å². The van der Waals surface area contributed by atoms with Gasteiger partial charge in [0.15, 0.2) is 0 Å². The summed E-state index contributed by atoms with van der Waals surface area (Å²) in [6, 6.07) is 13.5. The Morgan fingerprint density at radius 2 is 1.74 bits per heavy atom. The van der Waals surface area contributed by atoms with Crippen LogP contribution in [0.25, 0.3) is 0 Å². The first kappa shape index (κ1) is 29.8. The molecule has 7 heteroatoms. The number of aryl methyl sites for hydroxylation is 1. The molecule has 0 saturated carbocycles. The van der Waals surface area contributed by atoms with E-state index < -0.39 is 10.0 Å². The average molecular weight is 554 g/mol. The van der Waals surface area contributed by atoms with Gasteiger partial charge in [0.2, 0.25) is 15.9 Å². The van der Waals surface area contributed by atoms with Gasteiger partial charge in [0.1, 0.15) is 0 Å². The van der Waals surface area contributed by atoms with E-state index in [1.807, 2.05) is 12.1 Å². The van der Waals surface area contributed by atoms with Crippen LogP contribution in [0.1, 0.15) is 108 Å². The van der Waals surface area contributed by atoms with Crippen molar-refractivity contribution >= 4 is 15.9 Å². The summed E-state index contributed by atoms with van der Waals surface area (Å²) in [6.07, 6.45) is 5.61. The Morgan fingerprint density at radius 1 is 0.974 bits per heavy atom. The molecular formula is C32H47N3O3S. The molecule has 1 aliphatic heterocycles. The van der Waals surface area contributed by atoms with E-state index in [1.54, 1.807) is 16.4 Å². The zero-order chi connectivity index (χ0) is 28.4. The number of benzene rings is 2. The smallest absolute Gasteiger partial charge is 0.243 e. The maximum Gasteiger partial charge on any atom is 0.243 e. The molecule has 1 unspecified atom stereocenters. The van der Waals surface area contributed by atoms with E-state index in [4.69, 9.17) is 0 Å². The molecule has 214 valence electrons. The molecule has 2 N–H and O–H groups in total.